The Morgan fingerprint density at radius 2 is 1.30 bits per heavy atom. The van der Waals surface area contributed by atoms with Gasteiger partial charge in [-0.1, -0.05) is 91.0 Å². The fraction of sp³-hybridized carbons (Fsp3) is 0.317. The van der Waals surface area contributed by atoms with Gasteiger partial charge in [0.05, 0.1) is 27.9 Å². The molecule has 0 bridgehead atoms. The van der Waals surface area contributed by atoms with Crippen LogP contribution in [0.15, 0.2) is 132 Å². The van der Waals surface area contributed by atoms with Crippen molar-refractivity contribution in [2.45, 2.75) is 76.0 Å². The maximum Gasteiger partial charge on any atom is 0.323 e. The first-order valence-corrected chi connectivity index (χ1v) is 18.7. The van der Waals surface area contributed by atoms with E-state index < -0.39 is 50.1 Å². The fourth-order valence-corrected chi connectivity index (χ4v) is 6.82. The van der Waals surface area contributed by atoms with Crippen molar-refractivity contribution in [3.8, 4) is 0 Å². The van der Waals surface area contributed by atoms with Crippen LogP contribution in [0.4, 0.5) is 5.69 Å². The van der Waals surface area contributed by atoms with E-state index in [1.54, 1.807) is 40.7 Å². The Hall–Kier alpha value is -5.17. The first-order valence-electron chi connectivity index (χ1n) is 17.3. The second-order valence-electron chi connectivity index (χ2n) is 13.5. The van der Waals surface area contributed by atoms with E-state index in [4.69, 9.17) is 13.7 Å². The fourth-order valence-electron chi connectivity index (χ4n) is 5.88. The van der Waals surface area contributed by atoms with Crippen LogP contribution in [0.2, 0.25) is 0 Å². The molecule has 0 spiro atoms. The molecule has 0 fully saturated rings. The number of benzene rings is 4. The predicted molar refractivity (Wildman–Crippen MR) is 201 cm³/mol. The second kappa shape index (κ2) is 18.0. The predicted octanol–water partition coefficient (Wildman–Crippen LogP) is 7.85. The molecule has 1 N–H and O–H groups in total. The van der Waals surface area contributed by atoms with E-state index >= 15 is 0 Å². The lowest BCUT2D eigenvalue weighted by Gasteiger charge is -2.40. The minimum atomic E-state index is -4.25. The molecule has 0 amide bonds. The molecule has 0 aromatic heterocycles. The van der Waals surface area contributed by atoms with Gasteiger partial charge in [-0.05, 0) is 88.8 Å². The molecule has 0 radical (unpaired) electrons. The summed E-state index contributed by atoms with van der Waals surface area (Å²) in [5, 5.41) is 14.7. The van der Waals surface area contributed by atoms with Crippen molar-refractivity contribution in [2.24, 2.45) is 5.92 Å². The highest BCUT2D eigenvalue weighted by atomic mass is 32.2. The summed E-state index contributed by atoms with van der Waals surface area (Å²) >= 11 is 0. The van der Waals surface area contributed by atoms with Crippen LogP contribution in [-0.4, -0.2) is 43.5 Å². The number of ether oxygens (including phenoxy) is 2. The summed E-state index contributed by atoms with van der Waals surface area (Å²) in [7, 11) is -4.25. The van der Waals surface area contributed by atoms with Crippen LogP contribution in [0.1, 0.15) is 70.6 Å². The number of nitro groups is 1. The van der Waals surface area contributed by atoms with Crippen molar-refractivity contribution in [3.05, 3.63) is 154 Å². The molecule has 280 valence electrons. The van der Waals surface area contributed by atoms with Crippen LogP contribution in [0.25, 0.3) is 0 Å². The Morgan fingerprint density at radius 3 is 1.74 bits per heavy atom. The average Bonchev–Trinajstić information content (AvgIpc) is 3.14. The molecule has 0 heterocycles. The Morgan fingerprint density at radius 1 is 0.811 bits per heavy atom. The van der Waals surface area contributed by atoms with Crippen LogP contribution < -0.4 is 5.32 Å². The van der Waals surface area contributed by atoms with Gasteiger partial charge in [-0.2, -0.15) is 8.42 Å². The maximum atomic E-state index is 14.3. The van der Waals surface area contributed by atoms with E-state index in [9.17, 15) is 28.1 Å². The van der Waals surface area contributed by atoms with Crippen LogP contribution >= 0.6 is 0 Å². The van der Waals surface area contributed by atoms with Gasteiger partial charge in [-0.15, -0.1) is 0 Å². The van der Waals surface area contributed by atoms with Crippen molar-refractivity contribution in [1.29, 1.82) is 0 Å². The zero-order chi connectivity index (χ0) is 38.6. The van der Waals surface area contributed by atoms with Crippen molar-refractivity contribution in [2.75, 3.05) is 6.61 Å². The summed E-state index contributed by atoms with van der Waals surface area (Å²) < 4.78 is 42.6. The normalized spacial score (nSPS) is 13.5. The highest BCUT2D eigenvalue weighted by molar-refractivity contribution is 7.86. The standard InChI is InChI=1S/C41H46N2O9S/c1-6-30(2)51-38(44)31(17-16-28-50-53(48,49)36-26-24-35(25-27-36)43(46)47)29-37(39(45)52-40(3,4)5)42-41(32-18-10-7-11-19-32,33-20-12-8-13-21-33)34-22-14-9-15-23-34/h6-15,18-27,31,37,42H,16-17,28-29H2,1-5H3/b30-6+/t31-,37-/m0/s1. The van der Waals surface area contributed by atoms with Gasteiger partial charge in [0.2, 0.25) is 0 Å². The summed E-state index contributed by atoms with van der Waals surface area (Å²) in [6.45, 7) is 8.38. The smallest absolute Gasteiger partial charge is 0.323 e. The molecule has 0 saturated heterocycles. The Kier molecular flexibility index (Phi) is 13.8. The largest absolute Gasteiger partial charge is 0.459 e. The van der Waals surface area contributed by atoms with Gasteiger partial charge in [-0.25, -0.2) is 0 Å². The molecule has 53 heavy (non-hydrogen) atoms. The number of hydrogen-bond donors (Lipinski definition) is 1. The lowest BCUT2D eigenvalue weighted by atomic mass is 9.76. The highest BCUT2D eigenvalue weighted by Gasteiger charge is 2.42. The van der Waals surface area contributed by atoms with E-state index in [0.29, 0.717) is 5.76 Å². The third-order valence-corrected chi connectivity index (χ3v) is 9.82. The summed E-state index contributed by atoms with van der Waals surface area (Å²) in [6, 6.07) is 32.4. The van der Waals surface area contributed by atoms with Gasteiger partial charge in [0.25, 0.3) is 15.8 Å². The third-order valence-electron chi connectivity index (χ3n) is 8.50. The zero-order valence-corrected chi connectivity index (χ0v) is 31.4. The number of esters is 2. The summed E-state index contributed by atoms with van der Waals surface area (Å²) in [5.74, 6) is -1.72. The van der Waals surface area contributed by atoms with Gasteiger partial charge in [0.1, 0.15) is 17.4 Å². The van der Waals surface area contributed by atoms with Crippen LogP contribution in [0.5, 0.6) is 0 Å². The molecule has 0 aliphatic heterocycles. The number of hydrogen-bond acceptors (Lipinski definition) is 10. The van der Waals surface area contributed by atoms with Crippen molar-refractivity contribution < 1.29 is 36.6 Å². The highest BCUT2D eigenvalue weighted by Crippen LogP contribution is 2.38. The maximum absolute atomic E-state index is 14.3. The molecule has 0 saturated carbocycles. The minimum absolute atomic E-state index is 0.0614. The van der Waals surface area contributed by atoms with Gasteiger partial charge in [-0.3, -0.25) is 29.2 Å². The molecule has 4 aromatic carbocycles. The molecule has 11 nitrogen and oxygen atoms in total. The lowest BCUT2D eigenvalue weighted by Crippen LogP contribution is -2.54. The number of carbonyl (C=O) groups excluding carboxylic acids is 2. The lowest BCUT2D eigenvalue weighted by molar-refractivity contribution is -0.384. The minimum Gasteiger partial charge on any atom is -0.459 e. The number of rotatable bonds is 17. The van der Waals surface area contributed by atoms with E-state index in [2.05, 4.69) is 5.32 Å². The van der Waals surface area contributed by atoms with E-state index in [1.807, 2.05) is 91.0 Å². The van der Waals surface area contributed by atoms with Crippen molar-refractivity contribution >= 4 is 27.7 Å². The summed E-state index contributed by atoms with van der Waals surface area (Å²) in [5.41, 5.74) is 0.342. The number of nitrogens with one attached hydrogen (secondary N) is 1. The molecule has 0 aliphatic rings. The molecular weight excluding hydrogens is 697 g/mol. The van der Waals surface area contributed by atoms with Crippen molar-refractivity contribution in [3.63, 3.8) is 0 Å². The van der Waals surface area contributed by atoms with Gasteiger partial charge < -0.3 is 9.47 Å². The quantitative estimate of drug-likeness (QED) is 0.0215. The van der Waals surface area contributed by atoms with Gasteiger partial charge in [0, 0.05) is 12.1 Å². The Bertz CT molecular complexity index is 1860. The SMILES string of the molecule is C/C=C(\C)OC(=O)[C@@H](CCCOS(=O)(=O)c1ccc([N+](=O)[O-])cc1)C[C@H](NC(c1ccccc1)(c1ccccc1)c1ccccc1)C(=O)OC(C)(C)C. The first-order chi connectivity index (χ1) is 25.2. The second-order valence-corrected chi connectivity index (χ2v) is 15.1. The Balaban J connectivity index is 1.72. The number of non-ortho nitro benzene ring substituents is 1. The number of nitrogens with zero attached hydrogens (tertiary/aromatic N) is 1. The average molecular weight is 743 g/mol. The van der Waals surface area contributed by atoms with E-state index in [1.165, 1.54) is 0 Å². The molecular formula is C41H46N2O9S. The molecule has 0 unspecified atom stereocenters. The molecule has 12 heteroatoms. The van der Waals surface area contributed by atoms with E-state index in [0.717, 1.165) is 41.0 Å². The summed E-state index contributed by atoms with van der Waals surface area (Å²) in [4.78, 5) is 38.2. The first kappa shape index (κ1) is 40.6. The molecule has 4 aromatic rings. The number of nitro benzene ring substituents is 1. The van der Waals surface area contributed by atoms with Crippen LogP contribution in [0, 0.1) is 16.0 Å². The Labute approximate surface area is 311 Å². The zero-order valence-electron chi connectivity index (χ0n) is 30.6. The topological polar surface area (TPSA) is 151 Å². The summed E-state index contributed by atoms with van der Waals surface area (Å²) in [6.07, 6.45) is 1.78. The van der Waals surface area contributed by atoms with Crippen molar-refractivity contribution in [1.82, 2.24) is 5.32 Å². The third kappa shape index (κ3) is 10.9. The van der Waals surface area contributed by atoms with Crippen LogP contribution in [0.3, 0.4) is 0 Å². The number of allylic oxidation sites excluding steroid dienone is 2. The molecule has 4 rings (SSSR count). The monoisotopic (exact) mass is 742 g/mol. The van der Waals surface area contributed by atoms with E-state index in [-0.39, 0.29) is 36.5 Å². The molecule has 0 aliphatic carbocycles. The molecule has 2 atom stereocenters. The van der Waals surface area contributed by atoms with Crippen LogP contribution in [-0.2, 0) is 38.9 Å². The van der Waals surface area contributed by atoms with Gasteiger partial charge >= 0.3 is 11.9 Å². The number of carbonyl (C=O) groups is 2. The van der Waals surface area contributed by atoms with Gasteiger partial charge in [0.15, 0.2) is 0 Å².